The molecule has 0 amide bonds. The van der Waals surface area contributed by atoms with E-state index in [4.69, 9.17) is 0 Å². The second-order valence-electron chi connectivity index (χ2n) is 15.4. The van der Waals surface area contributed by atoms with Gasteiger partial charge in [0.2, 0.25) is 0 Å². The second-order valence-corrected chi connectivity index (χ2v) is 15.4. The maximum atomic E-state index is 2.40. The van der Waals surface area contributed by atoms with Gasteiger partial charge in [-0.3, -0.25) is 0 Å². The molecule has 0 aliphatic carbocycles. The summed E-state index contributed by atoms with van der Waals surface area (Å²) in [6.07, 6.45) is 4.40. The highest BCUT2D eigenvalue weighted by molar-refractivity contribution is 6.11. The lowest BCUT2D eigenvalue weighted by atomic mass is 10.00. The zero-order valence-corrected chi connectivity index (χ0v) is 32.2. The standard InChI is InChI=1S/C54H42N2/c1-35-27-36(2)30-45(29-35)55-51-11-7-5-9-47(51)49-33-43(23-25-53(49)55)41-19-15-39(16-20-41)13-14-40-17-21-42(22-18-40)44-24-26-54-50(34-44)48-10-6-8-12-52(48)56(54)46-31-37(3)28-38(4)32-46/h5-34H,1-4H3/b14-13+. The first kappa shape index (κ1) is 33.7. The van der Waals surface area contributed by atoms with E-state index in [0.29, 0.717) is 0 Å². The van der Waals surface area contributed by atoms with E-state index in [1.807, 2.05) is 0 Å². The van der Waals surface area contributed by atoms with Crippen LogP contribution in [0.1, 0.15) is 33.4 Å². The van der Waals surface area contributed by atoms with Crippen molar-refractivity contribution in [2.75, 3.05) is 0 Å². The van der Waals surface area contributed by atoms with Crippen molar-refractivity contribution in [2.24, 2.45) is 0 Å². The van der Waals surface area contributed by atoms with E-state index < -0.39 is 0 Å². The molecule has 0 fully saturated rings. The highest BCUT2D eigenvalue weighted by Gasteiger charge is 2.15. The predicted molar refractivity (Wildman–Crippen MR) is 240 cm³/mol. The van der Waals surface area contributed by atoms with Gasteiger partial charge in [0.1, 0.15) is 0 Å². The van der Waals surface area contributed by atoms with Crippen molar-refractivity contribution < 1.29 is 0 Å². The van der Waals surface area contributed by atoms with Gasteiger partial charge in [-0.05, 0) is 144 Å². The van der Waals surface area contributed by atoms with E-state index in [0.717, 1.165) is 0 Å². The molecule has 0 aliphatic rings. The molecule has 0 aliphatic heterocycles. The quantitative estimate of drug-likeness (QED) is 0.152. The van der Waals surface area contributed by atoms with E-state index in [-0.39, 0.29) is 0 Å². The van der Waals surface area contributed by atoms with Gasteiger partial charge < -0.3 is 9.13 Å². The summed E-state index contributed by atoms with van der Waals surface area (Å²) in [5.41, 5.74) is 19.7. The molecule has 0 unspecified atom stereocenters. The molecule has 0 saturated heterocycles. The minimum Gasteiger partial charge on any atom is -0.309 e. The fourth-order valence-electron chi connectivity index (χ4n) is 8.79. The topological polar surface area (TPSA) is 9.86 Å². The molecule has 0 spiro atoms. The third kappa shape index (κ3) is 5.91. The van der Waals surface area contributed by atoms with Crippen molar-refractivity contribution in [3.8, 4) is 33.6 Å². The highest BCUT2D eigenvalue weighted by Crippen LogP contribution is 2.37. The van der Waals surface area contributed by atoms with Crippen LogP contribution < -0.4 is 0 Å². The molecular formula is C54H42N2. The molecule has 0 radical (unpaired) electrons. The zero-order chi connectivity index (χ0) is 37.9. The maximum Gasteiger partial charge on any atom is 0.0541 e. The summed E-state index contributed by atoms with van der Waals surface area (Å²) in [4.78, 5) is 0. The number of aryl methyl sites for hydroxylation is 4. The van der Waals surface area contributed by atoms with Gasteiger partial charge in [0.25, 0.3) is 0 Å². The predicted octanol–water partition coefficient (Wildman–Crippen LogP) is 14.6. The van der Waals surface area contributed by atoms with E-state index in [1.165, 1.54) is 111 Å². The lowest BCUT2D eigenvalue weighted by molar-refractivity contribution is 1.16. The van der Waals surface area contributed by atoms with Gasteiger partial charge in [-0.1, -0.05) is 121 Å². The van der Waals surface area contributed by atoms with Gasteiger partial charge in [-0.2, -0.15) is 0 Å². The summed E-state index contributed by atoms with van der Waals surface area (Å²) in [5.74, 6) is 0. The van der Waals surface area contributed by atoms with Crippen LogP contribution in [-0.2, 0) is 0 Å². The number of para-hydroxylation sites is 2. The van der Waals surface area contributed by atoms with E-state index in [9.17, 15) is 0 Å². The molecule has 268 valence electrons. The summed E-state index contributed by atoms with van der Waals surface area (Å²) in [6.45, 7) is 8.69. The average Bonchev–Trinajstić information content (AvgIpc) is 3.72. The molecule has 2 heteroatoms. The van der Waals surface area contributed by atoms with Crippen LogP contribution in [0.15, 0.2) is 170 Å². The van der Waals surface area contributed by atoms with Crippen molar-refractivity contribution >= 4 is 55.8 Å². The van der Waals surface area contributed by atoms with Gasteiger partial charge in [-0.15, -0.1) is 0 Å². The summed E-state index contributed by atoms with van der Waals surface area (Å²) in [7, 11) is 0. The Morgan fingerprint density at radius 2 is 0.643 bits per heavy atom. The number of rotatable bonds is 6. The summed E-state index contributed by atoms with van der Waals surface area (Å²) >= 11 is 0. The smallest absolute Gasteiger partial charge is 0.0541 e. The number of fused-ring (bicyclic) bond motifs is 6. The lowest BCUT2D eigenvalue weighted by Crippen LogP contribution is -1.95. The summed E-state index contributed by atoms with van der Waals surface area (Å²) in [6, 6.07) is 62.7. The second kappa shape index (κ2) is 13.4. The normalized spacial score (nSPS) is 11.9. The Kier molecular flexibility index (Phi) is 8.08. The number of aromatic nitrogens is 2. The Morgan fingerprint density at radius 1 is 0.304 bits per heavy atom. The SMILES string of the molecule is Cc1cc(C)cc(-n2c3ccccc3c3cc(-c4ccc(/C=C/c5ccc(-c6ccc7c(c6)c6ccccc6n7-c6cc(C)cc(C)c6)cc5)cc4)ccc32)c1. The summed E-state index contributed by atoms with van der Waals surface area (Å²) < 4.78 is 4.81. The molecular weight excluding hydrogens is 677 g/mol. The Balaban J connectivity index is 0.908. The average molecular weight is 719 g/mol. The van der Waals surface area contributed by atoms with E-state index in [1.54, 1.807) is 0 Å². The molecule has 0 saturated carbocycles. The molecule has 8 aromatic carbocycles. The molecule has 2 heterocycles. The first-order valence-corrected chi connectivity index (χ1v) is 19.5. The van der Waals surface area contributed by atoms with Gasteiger partial charge in [0.15, 0.2) is 0 Å². The van der Waals surface area contributed by atoms with Gasteiger partial charge >= 0.3 is 0 Å². The lowest BCUT2D eigenvalue weighted by Gasteiger charge is -2.11. The zero-order valence-electron chi connectivity index (χ0n) is 32.2. The Hall–Kier alpha value is -6.90. The fraction of sp³-hybridized carbons (Fsp3) is 0.0741. The van der Waals surface area contributed by atoms with Crippen LogP contribution >= 0.6 is 0 Å². The molecule has 10 rings (SSSR count). The van der Waals surface area contributed by atoms with Crippen molar-refractivity contribution in [2.45, 2.75) is 27.7 Å². The Morgan fingerprint density at radius 3 is 1.04 bits per heavy atom. The summed E-state index contributed by atoms with van der Waals surface area (Å²) in [5, 5.41) is 5.09. The highest BCUT2D eigenvalue weighted by atomic mass is 15.0. The van der Waals surface area contributed by atoms with Crippen molar-refractivity contribution in [1.29, 1.82) is 0 Å². The van der Waals surface area contributed by atoms with Crippen molar-refractivity contribution in [3.05, 3.63) is 203 Å². The number of hydrogen-bond donors (Lipinski definition) is 0. The molecule has 10 aromatic rings. The molecule has 0 bridgehead atoms. The third-order valence-corrected chi connectivity index (χ3v) is 11.2. The minimum absolute atomic E-state index is 1.18. The Bertz CT molecular complexity index is 2890. The van der Waals surface area contributed by atoms with Crippen molar-refractivity contribution in [3.63, 3.8) is 0 Å². The van der Waals surface area contributed by atoms with Crippen LogP contribution in [0, 0.1) is 27.7 Å². The van der Waals surface area contributed by atoms with Gasteiger partial charge in [0, 0.05) is 32.9 Å². The monoisotopic (exact) mass is 718 g/mol. The van der Waals surface area contributed by atoms with Crippen LogP contribution in [0.4, 0.5) is 0 Å². The number of nitrogens with zero attached hydrogens (tertiary/aromatic N) is 2. The fourth-order valence-corrected chi connectivity index (χ4v) is 8.79. The van der Waals surface area contributed by atoms with Gasteiger partial charge in [0.05, 0.1) is 22.1 Å². The molecule has 2 nitrogen and oxygen atoms in total. The molecule has 2 aromatic heterocycles. The first-order valence-electron chi connectivity index (χ1n) is 19.5. The van der Waals surface area contributed by atoms with E-state index in [2.05, 4.69) is 219 Å². The molecule has 56 heavy (non-hydrogen) atoms. The van der Waals surface area contributed by atoms with E-state index >= 15 is 0 Å². The van der Waals surface area contributed by atoms with Crippen LogP contribution in [0.3, 0.4) is 0 Å². The van der Waals surface area contributed by atoms with Gasteiger partial charge in [-0.25, -0.2) is 0 Å². The molecule has 0 N–H and O–H groups in total. The van der Waals surface area contributed by atoms with Crippen LogP contribution in [0.25, 0.3) is 89.4 Å². The first-order chi connectivity index (χ1) is 27.4. The van der Waals surface area contributed by atoms with Crippen LogP contribution in [0.5, 0.6) is 0 Å². The maximum absolute atomic E-state index is 2.40. The Labute approximate surface area is 328 Å². The van der Waals surface area contributed by atoms with Crippen molar-refractivity contribution in [1.82, 2.24) is 9.13 Å². The number of benzene rings is 8. The van der Waals surface area contributed by atoms with Crippen LogP contribution in [-0.4, -0.2) is 9.13 Å². The third-order valence-electron chi connectivity index (χ3n) is 11.2. The van der Waals surface area contributed by atoms with Crippen LogP contribution in [0.2, 0.25) is 0 Å². The molecule has 0 atom stereocenters. The number of hydrogen-bond acceptors (Lipinski definition) is 0. The largest absolute Gasteiger partial charge is 0.309 e. The minimum atomic E-state index is 1.18.